The predicted molar refractivity (Wildman–Crippen MR) is 92.5 cm³/mol. The summed E-state index contributed by atoms with van der Waals surface area (Å²) in [7, 11) is -7.48. The molecule has 0 aliphatic heterocycles. The lowest BCUT2D eigenvalue weighted by Crippen LogP contribution is -2.31. The lowest BCUT2D eigenvalue weighted by molar-refractivity contribution is 0.520. The number of rotatable bonds is 9. The van der Waals surface area contributed by atoms with Gasteiger partial charge in [-0.25, -0.2) is 34.3 Å². The van der Waals surface area contributed by atoms with E-state index in [1.165, 1.54) is 26.2 Å². The molecule has 0 heterocycles. The summed E-state index contributed by atoms with van der Waals surface area (Å²) in [6.45, 7) is -0.165. The van der Waals surface area contributed by atoms with Crippen LogP contribution in [0.1, 0.15) is 5.56 Å². The van der Waals surface area contributed by atoms with Gasteiger partial charge >= 0.3 is 0 Å². The first kappa shape index (κ1) is 21.0. The molecule has 0 amide bonds. The van der Waals surface area contributed by atoms with Crippen LogP contribution in [0.2, 0.25) is 0 Å². The Morgan fingerprint density at radius 2 is 1.46 bits per heavy atom. The van der Waals surface area contributed by atoms with Gasteiger partial charge in [-0.1, -0.05) is 12.1 Å². The highest BCUT2D eigenvalue weighted by atomic mass is 32.2. The van der Waals surface area contributed by atoms with Crippen LogP contribution >= 0.6 is 0 Å². The molecule has 138 valence electrons. The first-order chi connectivity index (χ1) is 10.8. The van der Waals surface area contributed by atoms with Crippen LogP contribution in [0.25, 0.3) is 0 Å². The zero-order valence-corrected chi connectivity index (χ0v) is 16.2. The van der Waals surface area contributed by atoms with Crippen molar-refractivity contribution in [3.63, 3.8) is 0 Å². The van der Waals surface area contributed by atoms with Crippen molar-refractivity contribution in [3.05, 3.63) is 29.8 Å². The third-order valence-corrected chi connectivity index (χ3v) is 7.32. The molecule has 0 radical (unpaired) electrons. The van der Waals surface area contributed by atoms with E-state index in [9.17, 15) is 25.3 Å². The van der Waals surface area contributed by atoms with Crippen molar-refractivity contribution in [1.82, 2.24) is 9.03 Å². The van der Waals surface area contributed by atoms with E-state index >= 15 is 0 Å². The van der Waals surface area contributed by atoms with E-state index in [0.29, 0.717) is 5.56 Å². The number of nitrogens with zero attached hydrogens (tertiary/aromatic N) is 1. The molecule has 1 N–H and O–H groups in total. The molecule has 8 nitrogen and oxygen atoms in total. The van der Waals surface area contributed by atoms with Gasteiger partial charge < -0.3 is 0 Å². The molecule has 0 aromatic heterocycles. The Balaban J connectivity index is 2.65. The molecule has 0 saturated carbocycles. The van der Waals surface area contributed by atoms with E-state index < -0.39 is 29.9 Å². The number of sulfonamides is 2. The fourth-order valence-corrected chi connectivity index (χ4v) is 4.31. The normalized spacial score (nSPS) is 13.3. The van der Waals surface area contributed by atoms with Crippen LogP contribution in [-0.4, -0.2) is 68.0 Å². The number of hydrogen-bond donors (Lipinski definition) is 1. The SMILES string of the molecule is CN(C)S(=O)(=O)c1ccc(CCS(=O)(=O)NCCS(C)(=O)=O)cc1. The van der Waals surface area contributed by atoms with Gasteiger partial charge in [-0.2, -0.15) is 0 Å². The average Bonchev–Trinajstić information content (AvgIpc) is 2.44. The van der Waals surface area contributed by atoms with E-state index in [0.717, 1.165) is 10.6 Å². The molecule has 0 aliphatic rings. The van der Waals surface area contributed by atoms with E-state index in [4.69, 9.17) is 0 Å². The maximum Gasteiger partial charge on any atom is 0.242 e. The summed E-state index contributed by atoms with van der Waals surface area (Å²) >= 11 is 0. The van der Waals surface area contributed by atoms with Gasteiger partial charge in [0.15, 0.2) is 0 Å². The highest BCUT2D eigenvalue weighted by Gasteiger charge is 2.17. The Morgan fingerprint density at radius 1 is 0.917 bits per heavy atom. The van der Waals surface area contributed by atoms with Crippen molar-refractivity contribution in [3.8, 4) is 0 Å². The Kier molecular flexibility index (Phi) is 6.94. The third kappa shape index (κ3) is 6.85. The topological polar surface area (TPSA) is 118 Å². The summed E-state index contributed by atoms with van der Waals surface area (Å²) in [5.74, 6) is -0.472. The largest absolute Gasteiger partial charge is 0.242 e. The lowest BCUT2D eigenvalue weighted by Gasteiger charge is -2.11. The molecule has 0 unspecified atom stereocenters. The number of benzene rings is 1. The van der Waals surface area contributed by atoms with Gasteiger partial charge in [-0.15, -0.1) is 0 Å². The van der Waals surface area contributed by atoms with Crippen LogP contribution in [0.5, 0.6) is 0 Å². The average molecular weight is 399 g/mol. The monoisotopic (exact) mass is 398 g/mol. The summed E-state index contributed by atoms with van der Waals surface area (Å²) in [6.07, 6.45) is 1.22. The quantitative estimate of drug-likeness (QED) is 0.596. The second kappa shape index (κ2) is 7.91. The first-order valence-corrected chi connectivity index (χ1v) is 12.2. The van der Waals surface area contributed by atoms with Crippen LogP contribution in [0.4, 0.5) is 0 Å². The maximum atomic E-state index is 11.9. The lowest BCUT2D eigenvalue weighted by atomic mass is 10.2. The van der Waals surface area contributed by atoms with Gasteiger partial charge in [0.25, 0.3) is 0 Å². The summed E-state index contributed by atoms with van der Waals surface area (Å²) in [4.78, 5) is 0.130. The minimum atomic E-state index is -3.60. The molecule has 1 aromatic carbocycles. The van der Waals surface area contributed by atoms with Gasteiger partial charge in [-0.3, -0.25) is 0 Å². The number of hydrogen-bond acceptors (Lipinski definition) is 6. The molecule has 1 rings (SSSR count). The summed E-state index contributed by atoms with van der Waals surface area (Å²) in [5, 5.41) is 0. The fraction of sp³-hybridized carbons (Fsp3) is 0.538. The van der Waals surface area contributed by atoms with Crippen molar-refractivity contribution in [2.75, 3.05) is 38.4 Å². The highest BCUT2D eigenvalue weighted by Crippen LogP contribution is 2.14. The zero-order chi connectivity index (χ0) is 18.6. The molecule has 11 heteroatoms. The highest BCUT2D eigenvalue weighted by molar-refractivity contribution is 7.91. The molecular formula is C13H22N2O6S3. The minimum Gasteiger partial charge on any atom is -0.229 e. The molecule has 1 aromatic rings. The Morgan fingerprint density at radius 3 is 1.92 bits per heavy atom. The standard InChI is InChI=1S/C13H22N2O6S3/c1-15(2)24(20,21)13-6-4-12(5-7-13)8-10-23(18,19)14-9-11-22(3,16)17/h4-7,14H,8-11H2,1-3H3. The van der Waals surface area contributed by atoms with Gasteiger partial charge in [-0.05, 0) is 24.1 Å². The van der Waals surface area contributed by atoms with Gasteiger partial charge in [0.05, 0.1) is 16.4 Å². The molecule has 0 saturated heterocycles. The van der Waals surface area contributed by atoms with E-state index in [1.54, 1.807) is 12.1 Å². The van der Waals surface area contributed by atoms with E-state index in [1.807, 2.05) is 0 Å². The Bertz CT molecular complexity index is 857. The fourth-order valence-electron chi connectivity index (χ4n) is 1.75. The summed E-state index contributed by atoms with van der Waals surface area (Å²) in [6, 6.07) is 5.97. The number of nitrogens with one attached hydrogen (secondary N) is 1. The van der Waals surface area contributed by atoms with Crippen LogP contribution < -0.4 is 4.72 Å². The number of sulfone groups is 1. The van der Waals surface area contributed by atoms with Crippen molar-refractivity contribution < 1.29 is 25.3 Å². The molecule has 0 aliphatic carbocycles. The molecule has 0 fully saturated rings. The molecular weight excluding hydrogens is 376 g/mol. The summed E-state index contributed by atoms with van der Waals surface area (Å²) < 4.78 is 72.7. The van der Waals surface area contributed by atoms with Crippen molar-refractivity contribution in [1.29, 1.82) is 0 Å². The first-order valence-electron chi connectivity index (χ1n) is 7.00. The molecule has 24 heavy (non-hydrogen) atoms. The third-order valence-electron chi connectivity index (χ3n) is 3.16. The minimum absolute atomic E-state index is 0.130. The molecule has 0 bridgehead atoms. The van der Waals surface area contributed by atoms with Gasteiger partial charge in [0.1, 0.15) is 9.84 Å². The maximum absolute atomic E-state index is 11.9. The van der Waals surface area contributed by atoms with E-state index in [-0.39, 0.29) is 29.4 Å². The molecule has 0 spiro atoms. The van der Waals surface area contributed by atoms with Crippen LogP contribution in [0.15, 0.2) is 29.2 Å². The summed E-state index contributed by atoms with van der Waals surface area (Å²) in [5.41, 5.74) is 0.668. The predicted octanol–water partition coefficient (Wildman–Crippen LogP) is -0.557. The van der Waals surface area contributed by atoms with Crippen LogP contribution in [0, 0.1) is 0 Å². The van der Waals surface area contributed by atoms with Gasteiger partial charge in [0, 0.05) is 26.9 Å². The zero-order valence-electron chi connectivity index (χ0n) is 13.8. The second-order valence-electron chi connectivity index (χ2n) is 5.52. The smallest absolute Gasteiger partial charge is 0.229 e. The van der Waals surface area contributed by atoms with Crippen molar-refractivity contribution >= 4 is 29.9 Å². The Labute approximate surface area is 143 Å². The second-order valence-corrected chi connectivity index (χ2v) is 11.9. The van der Waals surface area contributed by atoms with Crippen LogP contribution in [-0.2, 0) is 36.3 Å². The van der Waals surface area contributed by atoms with Crippen LogP contribution in [0.3, 0.4) is 0 Å². The van der Waals surface area contributed by atoms with E-state index in [2.05, 4.69) is 4.72 Å². The Hall–Kier alpha value is -1.01. The van der Waals surface area contributed by atoms with Crippen molar-refractivity contribution in [2.24, 2.45) is 0 Å². The van der Waals surface area contributed by atoms with Gasteiger partial charge in [0.2, 0.25) is 20.0 Å². The number of aryl methyl sites for hydroxylation is 1. The molecule has 0 atom stereocenters. The van der Waals surface area contributed by atoms with Crippen molar-refractivity contribution in [2.45, 2.75) is 11.3 Å².